The molecule has 0 aromatic heterocycles. The number of aliphatic hydroxyl groups is 6. The van der Waals surface area contributed by atoms with E-state index in [1.54, 1.807) is 0 Å². The molecule has 0 saturated carbocycles. The van der Waals surface area contributed by atoms with E-state index in [2.05, 4.69) is 22.8 Å². The zero-order chi connectivity index (χ0) is 48.9. The number of nitrogens with one attached hydrogen (secondary N) is 2. The highest BCUT2D eigenvalue weighted by molar-refractivity contribution is 5.67. The van der Waals surface area contributed by atoms with E-state index in [9.17, 15) is 40.2 Å². The molecule has 6 rings (SSSR count). The van der Waals surface area contributed by atoms with Gasteiger partial charge in [0.2, 0.25) is 0 Å². The van der Waals surface area contributed by atoms with Crippen molar-refractivity contribution in [3.05, 3.63) is 12.2 Å². The molecule has 2 saturated heterocycles. The monoisotopic (exact) mass is 973 g/mol. The van der Waals surface area contributed by atoms with E-state index in [-0.39, 0.29) is 0 Å². The van der Waals surface area contributed by atoms with Crippen LogP contribution in [0.15, 0.2) is 12.2 Å². The Morgan fingerprint density at radius 2 is 0.676 bits per heavy atom. The molecule has 0 aromatic rings. The van der Waals surface area contributed by atoms with E-state index < -0.39 is 86.8 Å². The van der Waals surface area contributed by atoms with E-state index in [1.165, 1.54) is 77.0 Å². The van der Waals surface area contributed by atoms with E-state index >= 15 is 0 Å². The molecule has 6 aliphatic rings. The van der Waals surface area contributed by atoms with Gasteiger partial charge in [0, 0.05) is 26.3 Å². The molecule has 6 aliphatic heterocycles. The lowest BCUT2D eigenvalue weighted by Crippen LogP contribution is -2.61. The van der Waals surface area contributed by atoms with Crippen LogP contribution in [0.2, 0.25) is 0 Å². The lowest BCUT2D eigenvalue weighted by molar-refractivity contribution is -0.300. The fraction of sp³-hybridized carbons (Fsp3) is 0.923. The number of hydrogen-bond donors (Lipinski definition) is 8. The van der Waals surface area contributed by atoms with Crippen molar-refractivity contribution in [1.29, 1.82) is 0 Å². The van der Waals surface area contributed by atoms with Crippen LogP contribution in [-0.2, 0) is 28.4 Å². The van der Waals surface area contributed by atoms with Gasteiger partial charge < -0.3 is 69.7 Å². The number of ether oxygens (including phenoxy) is 6. The summed E-state index contributed by atoms with van der Waals surface area (Å²) >= 11 is 0. The molecule has 16 heteroatoms. The van der Waals surface area contributed by atoms with Crippen molar-refractivity contribution in [1.82, 2.24) is 10.6 Å². The van der Waals surface area contributed by atoms with Crippen molar-refractivity contribution >= 4 is 12.2 Å². The van der Waals surface area contributed by atoms with Gasteiger partial charge in [-0.1, -0.05) is 166 Å². The van der Waals surface area contributed by atoms with Gasteiger partial charge in [0.1, 0.15) is 36.6 Å². The highest BCUT2D eigenvalue weighted by Gasteiger charge is 2.48. The Labute approximate surface area is 409 Å². The van der Waals surface area contributed by atoms with E-state index in [1.807, 2.05) is 0 Å². The molecule has 6 heterocycles. The van der Waals surface area contributed by atoms with Crippen LogP contribution in [-0.4, -0.2) is 144 Å². The van der Waals surface area contributed by atoms with Crippen molar-refractivity contribution in [2.75, 3.05) is 39.5 Å². The molecule has 8 N–H and O–H groups in total. The molecule has 0 unspecified atom stereocenters. The minimum absolute atomic E-state index is 0.359. The normalized spacial score (nSPS) is 33.1. The maximum atomic E-state index is 12.5. The van der Waals surface area contributed by atoms with Gasteiger partial charge in [0.05, 0.1) is 13.2 Å². The lowest BCUT2D eigenvalue weighted by atomic mass is 9.99. The van der Waals surface area contributed by atoms with Crippen molar-refractivity contribution in [2.24, 2.45) is 0 Å². The summed E-state index contributed by atoms with van der Waals surface area (Å²) in [6, 6.07) is 0. The van der Waals surface area contributed by atoms with Crippen LogP contribution in [0.4, 0.5) is 9.59 Å². The smallest absolute Gasteiger partial charge is 0.407 e. The fourth-order valence-corrected chi connectivity index (χ4v) is 9.24. The topological polar surface area (TPSA) is 235 Å². The summed E-state index contributed by atoms with van der Waals surface area (Å²) < 4.78 is 33.8. The molecule has 4 bridgehead atoms. The Morgan fingerprint density at radius 1 is 0.397 bits per heavy atom. The molecule has 2 amide bonds. The van der Waals surface area contributed by atoms with Crippen LogP contribution < -0.4 is 10.6 Å². The average molecular weight is 973 g/mol. The first-order valence-electron chi connectivity index (χ1n) is 27.3. The van der Waals surface area contributed by atoms with Gasteiger partial charge in [-0.2, -0.15) is 0 Å². The van der Waals surface area contributed by atoms with E-state index in [0.29, 0.717) is 26.3 Å². The highest BCUT2D eigenvalue weighted by atomic mass is 16.7. The number of aliphatic hydroxyl groups excluding tert-OH is 6. The molecule has 2 fully saturated rings. The number of amides is 2. The standard InChI is InChI=1S/C52H96N2O14/c55-39-41-47-43(57)45(59)49(65-41)63-37-33-29-25-21-17-13-9-5-1-2-6-10-14-18-22-26-30-34-38-64-50-46(60)44(58)48(42(40-56)66-50)68-52(62)54-36-32-28-24-20-16-12-8-4-3-7-11-15-19-23-27-31-35-53-51(61)67-47/h3-4,41-50,55-60H,1-2,5-40H2,(H,53,61)(H,54,62)/t41-,42-,43-,44-,45-,46-,47-,48-,49-,50-/m1/s1. The minimum Gasteiger partial charge on any atom is -0.440 e. The highest BCUT2D eigenvalue weighted by Crippen LogP contribution is 2.27. The SMILES string of the molecule is O=C1NCCCCCCCCC=CCCCCCCCCNC(=O)O[C@H]2[C@H](O)[C@@H](O)[C@H](OCCCCCCCCCCCCCCCCCCCCO[C@@H]3O[C@H](CO)[C@@H](O1)[C@H](O)[C@H]3O)O[C@@H]2CO. The molecule has 0 spiro atoms. The summed E-state index contributed by atoms with van der Waals surface area (Å²) in [6.45, 7) is 0.588. The lowest BCUT2D eigenvalue weighted by Gasteiger charge is -2.41. The number of carbonyl (C=O) groups excluding carboxylic acids is 2. The Balaban J connectivity index is 1.32. The maximum Gasteiger partial charge on any atom is 0.407 e. The molecule has 0 radical (unpaired) electrons. The summed E-state index contributed by atoms with van der Waals surface area (Å²) in [5, 5.41) is 68.2. The van der Waals surface area contributed by atoms with Crippen molar-refractivity contribution in [3.63, 3.8) is 0 Å². The fourth-order valence-electron chi connectivity index (χ4n) is 9.24. The Bertz CT molecular complexity index is 1170. The number of rotatable bonds is 2. The molecule has 16 nitrogen and oxygen atoms in total. The zero-order valence-corrected chi connectivity index (χ0v) is 41.7. The summed E-state index contributed by atoms with van der Waals surface area (Å²) in [6.07, 6.45) is 26.1. The molecule has 10 atom stereocenters. The largest absolute Gasteiger partial charge is 0.440 e. The average Bonchev–Trinajstić information content (AvgIpc) is 3.33. The van der Waals surface area contributed by atoms with Gasteiger partial charge in [-0.3, -0.25) is 0 Å². The quantitative estimate of drug-likeness (QED) is 0.122. The molecular formula is C52H96N2O14. The summed E-state index contributed by atoms with van der Waals surface area (Å²) in [7, 11) is 0. The Morgan fingerprint density at radius 3 is 0.985 bits per heavy atom. The number of alkyl carbamates (subject to hydrolysis) is 2. The van der Waals surface area contributed by atoms with Gasteiger partial charge >= 0.3 is 12.2 Å². The summed E-state index contributed by atoms with van der Waals surface area (Å²) in [5.74, 6) is 0. The van der Waals surface area contributed by atoms with Crippen LogP contribution in [0.5, 0.6) is 0 Å². The summed E-state index contributed by atoms with van der Waals surface area (Å²) in [5.41, 5.74) is 0. The first-order chi connectivity index (χ1) is 33.3. The minimum atomic E-state index is -1.45. The first kappa shape index (κ1) is 60.2. The van der Waals surface area contributed by atoms with Crippen LogP contribution in [0.1, 0.15) is 205 Å². The Hall–Kier alpha value is -2.12. The first-order valence-corrected chi connectivity index (χ1v) is 27.3. The van der Waals surface area contributed by atoms with Crippen molar-refractivity contribution in [3.8, 4) is 0 Å². The third-order valence-corrected chi connectivity index (χ3v) is 13.5. The predicted octanol–water partition coefficient (Wildman–Crippen LogP) is 8.14. The number of allylic oxidation sites excluding steroid dienone is 2. The van der Waals surface area contributed by atoms with E-state index in [0.717, 1.165) is 128 Å². The molecular weight excluding hydrogens is 877 g/mol. The maximum absolute atomic E-state index is 12.5. The van der Waals surface area contributed by atoms with Gasteiger partial charge in [-0.05, 0) is 51.4 Å². The third kappa shape index (κ3) is 26.4. The van der Waals surface area contributed by atoms with Crippen molar-refractivity contribution < 1.29 is 68.6 Å². The molecule has 0 aliphatic carbocycles. The van der Waals surface area contributed by atoms with Gasteiger partial charge in [0.25, 0.3) is 0 Å². The second-order valence-electron chi connectivity index (χ2n) is 19.4. The summed E-state index contributed by atoms with van der Waals surface area (Å²) in [4.78, 5) is 25.0. The zero-order valence-electron chi connectivity index (χ0n) is 41.7. The number of hydrogen-bond acceptors (Lipinski definition) is 14. The number of carbonyl (C=O) groups is 2. The van der Waals surface area contributed by atoms with E-state index in [4.69, 9.17) is 28.4 Å². The van der Waals surface area contributed by atoms with Gasteiger partial charge in [-0.25, -0.2) is 9.59 Å². The van der Waals surface area contributed by atoms with Crippen LogP contribution >= 0.6 is 0 Å². The predicted molar refractivity (Wildman–Crippen MR) is 261 cm³/mol. The van der Waals surface area contributed by atoms with Gasteiger partial charge in [-0.15, -0.1) is 0 Å². The molecule has 68 heavy (non-hydrogen) atoms. The van der Waals surface area contributed by atoms with Crippen LogP contribution in [0, 0.1) is 0 Å². The second-order valence-corrected chi connectivity index (χ2v) is 19.4. The van der Waals surface area contributed by atoms with Crippen LogP contribution in [0.25, 0.3) is 0 Å². The third-order valence-electron chi connectivity index (χ3n) is 13.5. The van der Waals surface area contributed by atoms with Crippen molar-refractivity contribution in [2.45, 2.75) is 267 Å². The van der Waals surface area contributed by atoms with Crippen LogP contribution in [0.3, 0.4) is 0 Å². The molecule has 398 valence electrons. The van der Waals surface area contributed by atoms with Gasteiger partial charge in [0.15, 0.2) is 24.8 Å². The second kappa shape index (κ2) is 39.5. The molecule has 0 aromatic carbocycles. The Kier molecular flexibility index (Phi) is 35.0.